The first-order chi connectivity index (χ1) is 14.4. The van der Waals surface area contributed by atoms with Crippen LogP contribution < -0.4 is 10.6 Å². The van der Waals surface area contributed by atoms with E-state index in [9.17, 15) is 14.4 Å². The lowest BCUT2D eigenvalue weighted by Crippen LogP contribution is -2.46. The van der Waals surface area contributed by atoms with Crippen molar-refractivity contribution in [1.29, 1.82) is 0 Å². The van der Waals surface area contributed by atoms with Gasteiger partial charge in [0, 0.05) is 19.2 Å². The summed E-state index contributed by atoms with van der Waals surface area (Å²) in [6.07, 6.45) is -0.524. The lowest BCUT2D eigenvalue weighted by Gasteiger charge is -2.24. The number of aryl methyl sites for hydroxylation is 1. The Morgan fingerprint density at radius 2 is 1.87 bits per heavy atom. The van der Waals surface area contributed by atoms with Crippen molar-refractivity contribution in [2.45, 2.75) is 45.9 Å². The summed E-state index contributed by atoms with van der Waals surface area (Å²) < 4.78 is 5.64. The van der Waals surface area contributed by atoms with Crippen LogP contribution in [0.1, 0.15) is 43.1 Å². The smallest absolute Gasteiger partial charge is 0.411 e. The Labute approximate surface area is 176 Å². The number of cyclic esters (lactones) is 1. The van der Waals surface area contributed by atoms with Gasteiger partial charge in [-0.05, 0) is 36.6 Å². The van der Waals surface area contributed by atoms with Gasteiger partial charge in [-0.25, -0.2) is 4.79 Å². The van der Waals surface area contributed by atoms with E-state index in [4.69, 9.17) is 4.74 Å². The SMILES string of the molecule is CCCNC(=O)C1C(c2cccc(NC(C)=O)c2)OC(=O)N1Cc1ccc(C)cc1. The summed E-state index contributed by atoms with van der Waals surface area (Å²) in [7, 11) is 0. The van der Waals surface area contributed by atoms with E-state index in [0.29, 0.717) is 17.8 Å². The average molecular weight is 409 g/mol. The summed E-state index contributed by atoms with van der Waals surface area (Å²) in [5.41, 5.74) is 3.27. The second kappa shape index (κ2) is 9.43. The highest BCUT2D eigenvalue weighted by Gasteiger charge is 2.46. The molecule has 0 aromatic heterocycles. The van der Waals surface area contributed by atoms with E-state index >= 15 is 0 Å². The van der Waals surface area contributed by atoms with Crippen molar-refractivity contribution in [2.75, 3.05) is 11.9 Å². The third-order valence-electron chi connectivity index (χ3n) is 4.91. The van der Waals surface area contributed by atoms with Crippen molar-refractivity contribution in [1.82, 2.24) is 10.2 Å². The fraction of sp³-hybridized carbons (Fsp3) is 0.348. The summed E-state index contributed by atoms with van der Waals surface area (Å²) >= 11 is 0. The Morgan fingerprint density at radius 3 is 2.53 bits per heavy atom. The van der Waals surface area contributed by atoms with Crippen LogP contribution in [0.4, 0.5) is 10.5 Å². The molecule has 0 saturated carbocycles. The number of hydrogen-bond acceptors (Lipinski definition) is 4. The lowest BCUT2D eigenvalue weighted by atomic mass is 10.00. The number of nitrogens with zero attached hydrogens (tertiary/aromatic N) is 1. The monoisotopic (exact) mass is 409 g/mol. The Hall–Kier alpha value is -3.35. The predicted molar refractivity (Wildman–Crippen MR) is 114 cm³/mol. The van der Waals surface area contributed by atoms with Gasteiger partial charge in [-0.15, -0.1) is 0 Å². The summed E-state index contributed by atoms with van der Waals surface area (Å²) in [6.45, 7) is 6.17. The van der Waals surface area contributed by atoms with Crippen LogP contribution in [-0.2, 0) is 20.9 Å². The molecule has 0 bridgehead atoms. The minimum atomic E-state index is -0.807. The molecular formula is C23H27N3O4. The number of rotatable bonds is 7. The molecule has 3 rings (SSSR count). The Bertz CT molecular complexity index is 926. The molecule has 2 unspecified atom stereocenters. The van der Waals surface area contributed by atoms with Gasteiger partial charge in [0.2, 0.25) is 11.8 Å². The van der Waals surface area contributed by atoms with Crippen LogP contribution in [0.3, 0.4) is 0 Å². The third kappa shape index (κ3) is 4.97. The number of amides is 3. The quantitative estimate of drug-likeness (QED) is 0.732. The zero-order valence-electron chi connectivity index (χ0n) is 17.5. The molecule has 1 heterocycles. The Kier molecular flexibility index (Phi) is 6.72. The normalized spacial score (nSPS) is 18.1. The van der Waals surface area contributed by atoms with Gasteiger partial charge in [0.05, 0.1) is 6.54 Å². The number of ether oxygens (including phenoxy) is 1. The second-order valence-corrected chi connectivity index (χ2v) is 7.46. The molecule has 2 N–H and O–H groups in total. The predicted octanol–water partition coefficient (Wildman–Crippen LogP) is 3.54. The largest absolute Gasteiger partial charge is 0.438 e. The van der Waals surface area contributed by atoms with Gasteiger partial charge in [-0.1, -0.05) is 48.9 Å². The number of benzene rings is 2. The van der Waals surface area contributed by atoms with Gasteiger partial charge in [-0.2, -0.15) is 0 Å². The molecular weight excluding hydrogens is 382 g/mol. The van der Waals surface area contributed by atoms with E-state index in [1.54, 1.807) is 24.3 Å². The van der Waals surface area contributed by atoms with Gasteiger partial charge < -0.3 is 15.4 Å². The maximum Gasteiger partial charge on any atom is 0.411 e. The number of carbonyl (C=O) groups is 3. The molecule has 2 atom stereocenters. The molecule has 1 saturated heterocycles. The first-order valence-corrected chi connectivity index (χ1v) is 10.1. The van der Waals surface area contributed by atoms with E-state index < -0.39 is 18.2 Å². The zero-order chi connectivity index (χ0) is 21.7. The maximum absolute atomic E-state index is 13.0. The third-order valence-corrected chi connectivity index (χ3v) is 4.91. The van der Waals surface area contributed by atoms with Crippen LogP contribution in [0.5, 0.6) is 0 Å². The van der Waals surface area contributed by atoms with Crippen molar-refractivity contribution in [3.63, 3.8) is 0 Å². The topological polar surface area (TPSA) is 87.7 Å². The molecule has 158 valence electrons. The fourth-order valence-corrected chi connectivity index (χ4v) is 3.45. The number of nitrogens with one attached hydrogen (secondary N) is 2. The van der Waals surface area contributed by atoms with E-state index in [2.05, 4.69) is 10.6 Å². The Morgan fingerprint density at radius 1 is 1.13 bits per heavy atom. The molecule has 7 heteroatoms. The van der Waals surface area contributed by atoms with Crippen LogP contribution in [-0.4, -0.2) is 35.4 Å². The molecule has 2 aromatic carbocycles. The van der Waals surface area contributed by atoms with Crippen LogP contribution in [0, 0.1) is 6.92 Å². The molecule has 30 heavy (non-hydrogen) atoms. The standard InChI is InChI=1S/C23H27N3O4/c1-4-12-24-22(28)20-21(18-6-5-7-19(13-18)25-16(3)27)30-23(29)26(20)14-17-10-8-15(2)9-11-17/h5-11,13,20-21H,4,12,14H2,1-3H3,(H,24,28)(H,25,27). The van der Waals surface area contributed by atoms with Gasteiger partial charge in [0.15, 0.2) is 12.1 Å². The lowest BCUT2D eigenvalue weighted by molar-refractivity contribution is -0.126. The zero-order valence-corrected chi connectivity index (χ0v) is 17.5. The summed E-state index contributed by atoms with van der Waals surface area (Å²) in [5, 5.41) is 5.60. The minimum absolute atomic E-state index is 0.200. The minimum Gasteiger partial charge on any atom is -0.438 e. The van der Waals surface area contributed by atoms with Gasteiger partial charge >= 0.3 is 6.09 Å². The summed E-state index contributed by atoms with van der Waals surface area (Å²) in [4.78, 5) is 38.6. The molecule has 0 aliphatic carbocycles. The second-order valence-electron chi connectivity index (χ2n) is 7.46. The van der Waals surface area contributed by atoms with Gasteiger partial charge in [0.25, 0.3) is 0 Å². The van der Waals surface area contributed by atoms with Crippen LogP contribution in [0.25, 0.3) is 0 Å². The van der Waals surface area contributed by atoms with Gasteiger partial charge in [0.1, 0.15) is 0 Å². The van der Waals surface area contributed by atoms with E-state index in [1.807, 2.05) is 38.1 Å². The first kappa shape index (κ1) is 21.4. The molecule has 3 amide bonds. The van der Waals surface area contributed by atoms with Crippen molar-refractivity contribution >= 4 is 23.6 Å². The number of hydrogen-bond donors (Lipinski definition) is 2. The van der Waals surface area contributed by atoms with Crippen LogP contribution in [0.15, 0.2) is 48.5 Å². The molecule has 1 fully saturated rings. The molecule has 7 nitrogen and oxygen atoms in total. The fourth-order valence-electron chi connectivity index (χ4n) is 3.45. The average Bonchev–Trinajstić information content (AvgIpc) is 3.04. The molecule has 0 radical (unpaired) electrons. The van der Waals surface area contributed by atoms with Crippen molar-refractivity contribution < 1.29 is 19.1 Å². The highest BCUT2D eigenvalue weighted by atomic mass is 16.6. The Balaban J connectivity index is 1.91. The van der Waals surface area contributed by atoms with Crippen molar-refractivity contribution in [3.8, 4) is 0 Å². The molecule has 0 spiro atoms. The van der Waals surface area contributed by atoms with Crippen LogP contribution in [0.2, 0.25) is 0 Å². The van der Waals surface area contributed by atoms with Crippen LogP contribution >= 0.6 is 0 Å². The maximum atomic E-state index is 13.0. The number of anilines is 1. The van der Waals surface area contributed by atoms with Crippen molar-refractivity contribution in [2.24, 2.45) is 0 Å². The highest BCUT2D eigenvalue weighted by molar-refractivity contribution is 5.90. The number of carbonyl (C=O) groups excluding carboxylic acids is 3. The van der Waals surface area contributed by atoms with E-state index in [-0.39, 0.29) is 18.4 Å². The first-order valence-electron chi connectivity index (χ1n) is 10.1. The molecule has 2 aromatic rings. The van der Waals surface area contributed by atoms with E-state index in [1.165, 1.54) is 11.8 Å². The summed E-state index contributed by atoms with van der Waals surface area (Å²) in [6, 6.07) is 14.0. The molecule has 1 aliphatic heterocycles. The highest BCUT2D eigenvalue weighted by Crippen LogP contribution is 2.35. The summed E-state index contributed by atoms with van der Waals surface area (Å²) in [5.74, 6) is -0.460. The molecule has 1 aliphatic rings. The van der Waals surface area contributed by atoms with E-state index in [0.717, 1.165) is 17.5 Å². The van der Waals surface area contributed by atoms with Crippen molar-refractivity contribution in [3.05, 3.63) is 65.2 Å². The van der Waals surface area contributed by atoms with Gasteiger partial charge in [-0.3, -0.25) is 14.5 Å².